The van der Waals surface area contributed by atoms with Crippen molar-refractivity contribution in [1.82, 2.24) is 0 Å². The van der Waals surface area contributed by atoms with E-state index in [1.807, 2.05) is 27.7 Å². The number of hydrogen-bond donors (Lipinski definition) is 0. The molecule has 0 aromatic rings. The molecule has 0 saturated heterocycles. The minimum atomic E-state index is 0. The summed E-state index contributed by atoms with van der Waals surface area (Å²) in [5, 5.41) is 8.54. The minimum Gasteiger partial charge on any atom is -0.811 e. The molecule has 0 aromatic heterocycles. The minimum absolute atomic E-state index is 0. The van der Waals surface area contributed by atoms with Crippen LogP contribution in [0.3, 0.4) is 0 Å². The fourth-order valence-corrected chi connectivity index (χ4v) is 0.404. The van der Waals surface area contributed by atoms with E-state index in [0.717, 1.165) is 5.57 Å². The van der Waals surface area contributed by atoms with Gasteiger partial charge in [-0.25, -0.2) is 5.71 Å². The Balaban J connectivity index is -0.00000000670. The fourth-order valence-electron chi connectivity index (χ4n) is 0.404. The first-order chi connectivity index (χ1) is 5.13. The van der Waals surface area contributed by atoms with Crippen molar-refractivity contribution in [3.05, 3.63) is 32.4 Å². The van der Waals surface area contributed by atoms with E-state index < -0.39 is 0 Å². The molecule has 0 atom stereocenters. The molecule has 1 nitrogen and oxygen atoms in total. The summed E-state index contributed by atoms with van der Waals surface area (Å²) in [6.45, 7) is 16.6. The molecule has 0 heterocycles. The van der Waals surface area contributed by atoms with Crippen LogP contribution in [0.2, 0.25) is 0 Å². The molecule has 18 heavy (non-hydrogen) atoms. The predicted octanol–water partition coefficient (Wildman–Crippen LogP) is 7.28. The Bertz CT molecular complexity index is 87.3. The topological polar surface area (TPSA) is 22.3 Å². The van der Waals surface area contributed by atoms with E-state index in [1.54, 1.807) is 13.8 Å². The van der Waals surface area contributed by atoms with Crippen molar-refractivity contribution >= 4 is 5.71 Å². The first-order valence-corrected chi connectivity index (χ1v) is 4.22. The molecule has 0 bridgehead atoms. The van der Waals surface area contributed by atoms with E-state index >= 15 is 0 Å². The van der Waals surface area contributed by atoms with Crippen molar-refractivity contribution in [2.75, 3.05) is 0 Å². The largest absolute Gasteiger partial charge is 4.00 e. The van der Waals surface area contributed by atoms with E-state index in [9.17, 15) is 0 Å². The SMILES string of the molecule is C.C.C.C.CC.CC.[CH-]=C(C)CC(C)=[N-].[CH3-].[CH3-].[Pt+4]. The standard InChI is InChI=1S/C6H9N.2C2H6.4CH4.2CH3.Pt/c1-5(2)4-6(3)7;2*1-2;;;;;;;/h1H,4H2,2-3H3;2*1-2H3;4*1H4;2*1H3;/q-2;;;;;;;2*-1;+4. The molecule has 0 amide bonds. The van der Waals surface area contributed by atoms with E-state index in [2.05, 4.69) is 0 Å². The van der Waals surface area contributed by atoms with Crippen molar-refractivity contribution in [2.24, 2.45) is 0 Å². The molecule has 0 fully saturated rings. The van der Waals surface area contributed by atoms with Gasteiger partial charge in [-0.1, -0.05) is 77.7 Å². The average molecular weight is 445 g/mol. The van der Waals surface area contributed by atoms with Gasteiger partial charge in [-0.3, -0.25) is 5.57 Å². The van der Waals surface area contributed by atoms with Gasteiger partial charge >= 0.3 is 21.1 Å². The van der Waals surface area contributed by atoms with Gasteiger partial charge in [0.15, 0.2) is 0 Å². The van der Waals surface area contributed by atoms with Crippen molar-refractivity contribution < 1.29 is 21.1 Å². The van der Waals surface area contributed by atoms with Gasteiger partial charge in [-0.2, -0.15) is 0 Å². The summed E-state index contributed by atoms with van der Waals surface area (Å²) in [5.41, 5.74) is 1.13. The number of rotatable bonds is 2. The zero-order valence-corrected chi connectivity index (χ0v) is 13.3. The second-order valence-corrected chi connectivity index (χ2v) is 1.76. The summed E-state index contributed by atoms with van der Waals surface area (Å²) in [7, 11) is 0. The second kappa shape index (κ2) is 87.9. The molecule has 0 unspecified atom stereocenters. The molecule has 0 spiro atoms. The van der Waals surface area contributed by atoms with Crippen LogP contribution in [-0.4, -0.2) is 5.71 Å². The van der Waals surface area contributed by atoms with Crippen molar-refractivity contribution in [2.45, 2.75) is 77.7 Å². The maximum Gasteiger partial charge on any atom is 4.00 e. The predicted molar refractivity (Wildman–Crippen MR) is 94.6 cm³/mol. The Morgan fingerprint density at radius 2 is 1.00 bits per heavy atom. The summed E-state index contributed by atoms with van der Waals surface area (Å²) >= 11 is 0. The van der Waals surface area contributed by atoms with Crippen molar-refractivity contribution in [1.29, 1.82) is 0 Å². The maximum atomic E-state index is 8.54. The number of allylic oxidation sites excluding steroid dienone is 1. The van der Waals surface area contributed by atoms with Gasteiger partial charge in [0.2, 0.25) is 0 Å². The number of hydrogen-bond acceptors (Lipinski definition) is 0. The van der Waals surface area contributed by atoms with Crippen LogP contribution in [0.15, 0.2) is 5.57 Å². The molecule has 0 saturated carbocycles. The molecular weight excluding hydrogens is 401 g/mol. The molecule has 0 aliphatic heterocycles. The molecule has 0 aliphatic rings. The smallest absolute Gasteiger partial charge is 0.811 e. The zero-order chi connectivity index (χ0) is 9.86. The van der Waals surface area contributed by atoms with Crippen LogP contribution >= 0.6 is 0 Å². The molecule has 0 N–H and O–H groups in total. The number of nitrogens with zero attached hydrogens (tertiary/aromatic N) is 1. The van der Waals surface area contributed by atoms with Crippen LogP contribution in [0.5, 0.6) is 0 Å². The van der Waals surface area contributed by atoms with Crippen LogP contribution in [0.25, 0.3) is 5.41 Å². The van der Waals surface area contributed by atoms with Crippen molar-refractivity contribution in [3.63, 3.8) is 0 Å². The Hall–Kier alpha value is 0.0983. The molecule has 0 aliphatic carbocycles. The van der Waals surface area contributed by atoms with Crippen molar-refractivity contribution in [3.8, 4) is 0 Å². The molecule has 0 rings (SSSR count). The van der Waals surface area contributed by atoms with Gasteiger partial charge in [0, 0.05) is 0 Å². The molecule has 0 aromatic carbocycles. The van der Waals surface area contributed by atoms with Gasteiger partial charge < -0.3 is 26.8 Å². The summed E-state index contributed by atoms with van der Waals surface area (Å²) in [6, 6.07) is 0. The van der Waals surface area contributed by atoms with Gasteiger partial charge in [-0.05, 0) is 0 Å². The van der Waals surface area contributed by atoms with Crippen LogP contribution in [0.1, 0.15) is 77.7 Å². The Kier molecular flexibility index (Phi) is 394. The molecule has 2 heteroatoms. The fraction of sp³-hybridized carbons (Fsp3) is 0.688. The zero-order valence-electron chi connectivity index (χ0n) is 11.0. The molecule has 0 radical (unpaired) electrons. The van der Waals surface area contributed by atoms with Crippen LogP contribution < -0.4 is 0 Å². The third-order valence-corrected chi connectivity index (χ3v) is 0.535. The Morgan fingerprint density at radius 3 is 1.00 bits per heavy atom. The molecular formula is C16H43NPt. The first kappa shape index (κ1) is 80.7. The summed E-state index contributed by atoms with van der Waals surface area (Å²) in [4.78, 5) is 0. The van der Waals surface area contributed by atoms with Crippen LogP contribution in [0.4, 0.5) is 0 Å². The third kappa shape index (κ3) is 218. The average Bonchev–Trinajstić information content (AvgIpc) is 1.93. The van der Waals surface area contributed by atoms with Gasteiger partial charge in [0.1, 0.15) is 0 Å². The van der Waals surface area contributed by atoms with E-state index in [1.165, 1.54) is 0 Å². The van der Waals surface area contributed by atoms with Gasteiger partial charge in [0.25, 0.3) is 0 Å². The van der Waals surface area contributed by atoms with E-state index in [0.29, 0.717) is 12.1 Å². The van der Waals surface area contributed by atoms with Crippen LogP contribution in [0, 0.1) is 21.4 Å². The summed E-state index contributed by atoms with van der Waals surface area (Å²) in [6.07, 6.45) is 0.528. The molecule has 122 valence electrons. The monoisotopic (exact) mass is 444 g/mol. The van der Waals surface area contributed by atoms with Crippen LogP contribution in [-0.2, 0) is 21.1 Å². The third-order valence-electron chi connectivity index (χ3n) is 0.535. The maximum absolute atomic E-state index is 8.54. The Morgan fingerprint density at radius 1 is 0.833 bits per heavy atom. The summed E-state index contributed by atoms with van der Waals surface area (Å²) < 4.78 is 0. The first-order valence-electron chi connectivity index (χ1n) is 4.22. The quantitative estimate of drug-likeness (QED) is 0.315. The van der Waals surface area contributed by atoms with Gasteiger partial charge in [0.05, 0.1) is 0 Å². The van der Waals surface area contributed by atoms with E-state index in [-0.39, 0.29) is 65.6 Å². The normalized spacial score (nSPS) is 3.89. The Labute approximate surface area is 137 Å². The summed E-state index contributed by atoms with van der Waals surface area (Å²) in [5.74, 6) is 0. The van der Waals surface area contributed by atoms with E-state index in [4.69, 9.17) is 12.0 Å². The van der Waals surface area contributed by atoms with Gasteiger partial charge in [-0.15, -0.1) is 0 Å². The second-order valence-electron chi connectivity index (χ2n) is 1.76.